The number of methoxy groups -OCH3 is 1. The van der Waals surface area contributed by atoms with Gasteiger partial charge in [0, 0.05) is 30.7 Å². The van der Waals surface area contributed by atoms with Crippen LogP contribution in [0, 0.1) is 10.1 Å². The maximum absolute atomic E-state index is 10.7. The molecule has 0 atom stereocenters. The predicted molar refractivity (Wildman–Crippen MR) is 62.8 cm³/mol. The van der Waals surface area contributed by atoms with Crippen molar-refractivity contribution in [2.24, 2.45) is 0 Å². The molecular weight excluding hydrogens is 278 g/mol. The molecule has 0 aliphatic heterocycles. The molecule has 5 nitrogen and oxygen atoms in total. The zero-order chi connectivity index (χ0) is 12.0. The van der Waals surface area contributed by atoms with E-state index in [0.717, 1.165) is 0 Å². The highest BCUT2D eigenvalue weighted by molar-refractivity contribution is 9.10. The fraction of sp³-hybridized carbons (Fsp3) is 0.400. The molecule has 88 valence electrons. The van der Waals surface area contributed by atoms with E-state index in [1.54, 1.807) is 19.2 Å². The van der Waals surface area contributed by atoms with E-state index in [1.165, 1.54) is 6.07 Å². The SMILES string of the molecule is COCCCOc1ccc(Br)cc1[N+](=O)[O-]. The van der Waals surface area contributed by atoms with Gasteiger partial charge in [0.15, 0.2) is 5.75 Å². The third kappa shape index (κ3) is 3.79. The number of nitro benzene ring substituents is 1. The van der Waals surface area contributed by atoms with Gasteiger partial charge in [-0.3, -0.25) is 10.1 Å². The van der Waals surface area contributed by atoms with Gasteiger partial charge in [0.05, 0.1) is 11.5 Å². The number of nitrogens with zero attached hydrogens (tertiary/aromatic N) is 1. The second kappa shape index (κ2) is 6.44. The number of hydrogen-bond donors (Lipinski definition) is 0. The number of benzene rings is 1. The quantitative estimate of drug-likeness (QED) is 0.459. The largest absolute Gasteiger partial charge is 0.487 e. The molecule has 1 aromatic rings. The number of nitro groups is 1. The van der Waals surface area contributed by atoms with Crippen LogP contribution in [0.5, 0.6) is 5.75 Å². The lowest BCUT2D eigenvalue weighted by atomic mass is 10.3. The number of hydrogen-bond acceptors (Lipinski definition) is 4. The minimum absolute atomic E-state index is 0.0354. The zero-order valence-corrected chi connectivity index (χ0v) is 10.4. The second-order valence-corrected chi connectivity index (χ2v) is 3.98. The predicted octanol–water partition coefficient (Wildman–Crippen LogP) is 2.77. The van der Waals surface area contributed by atoms with E-state index in [0.29, 0.717) is 24.1 Å². The Labute approximate surface area is 102 Å². The van der Waals surface area contributed by atoms with Crippen molar-refractivity contribution in [3.05, 3.63) is 32.8 Å². The molecule has 0 saturated heterocycles. The van der Waals surface area contributed by atoms with Crippen LogP contribution in [0.25, 0.3) is 0 Å². The number of halogens is 1. The minimum Gasteiger partial charge on any atom is -0.487 e. The first-order valence-electron chi connectivity index (χ1n) is 4.71. The Bertz CT molecular complexity index is 370. The average molecular weight is 290 g/mol. The van der Waals surface area contributed by atoms with E-state index in [1.807, 2.05) is 0 Å². The van der Waals surface area contributed by atoms with Gasteiger partial charge in [0.25, 0.3) is 0 Å². The average Bonchev–Trinajstić information content (AvgIpc) is 2.26. The molecule has 0 saturated carbocycles. The maximum Gasteiger partial charge on any atom is 0.312 e. The van der Waals surface area contributed by atoms with E-state index in [2.05, 4.69) is 15.9 Å². The molecular formula is C10H12BrNO4. The third-order valence-electron chi connectivity index (χ3n) is 1.87. The van der Waals surface area contributed by atoms with Gasteiger partial charge < -0.3 is 9.47 Å². The van der Waals surface area contributed by atoms with Crippen LogP contribution in [-0.4, -0.2) is 25.2 Å². The smallest absolute Gasteiger partial charge is 0.312 e. The third-order valence-corrected chi connectivity index (χ3v) is 2.36. The van der Waals surface area contributed by atoms with Gasteiger partial charge in [0.1, 0.15) is 0 Å². The van der Waals surface area contributed by atoms with Crippen LogP contribution in [0.1, 0.15) is 6.42 Å². The fourth-order valence-corrected chi connectivity index (χ4v) is 1.49. The molecule has 0 radical (unpaired) electrons. The summed E-state index contributed by atoms with van der Waals surface area (Å²) in [6.07, 6.45) is 0.698. The number of rotatable bonds is 6. The Hall–Kier alpha value is -1.14. The van der Waals surface area contributed by atoms with Crippen molar-refractivity contribution in [3.8, 4) is 5.75 Å². The fourth-order valence-electron chi connectivity index (χ4n) is 1.14. The molecule has 1 rings (SSSR count). The van der Waals surface area contributed by atoms with Gasteiger partial charge in [-0.2, -0.15) is 0 Å². The number of ether oxygens (including phenoxy) is 2. The Kier molecular flexibility index (Phi) is 5.21. The summed E-state index contributed by atoms with van der Waals surface area (Å²) in [6.45, 7) is 0.973. The highest BCUT2D eigenvalue weighted by Crippen LogP contribution is 2.30. The molecule has 0 unspecified atom stereocenters. The Balaban J connectivity index is 2.67. The summed E-state index contributed by atoms with van der Waals surface area (Å²) in [6, 6.07) is 4.71. The van der Waals surface area contributed by atoms with Crippen LogP contribution in [0.2, 0.25) is 0 Å². The summed E-state index contributed by atoms with van der Waals surface area (Å²) in [5, 5.41) is 10.7. The lowest BCUT2D eigenvalue weighted by molar-refractivity contribution is -0.385. The molecule has 0 aromatic heterocycles. The first-order valence-corrected chi connectivity index (χ1v) is 5.50. The van der Waals surface area contributed by atoms with Crippen molar-refractivity contribution in [1.82, 2.24) is 0 Å². The van der Waals surface area contributed by atoms with Crippen molar-refractivity contribution in [2.75, 3.05) is 20.3 Å². The van der Waals surface area contributed by atoms with Crippen molar-refractivity contribution in [1.29, 1.82) is 0 Å². The van der Waals surface area contributed by atoms with Crippen molar-refractivity contribution >= 4 is 21.6 Å². The van der Waals surface area contributed by atoms with E-state index in [9.17, 15) is 10.1 Å². The molecule has 1 aromatic carbocycles. The Morgan fingerprint density at radius 2 is 2.19 bits per heavy atom. The van der Waals surface area contributed by atoms with Gasteiger partial charge in [-0.05, 0) is 12.1 Å². The minimum atomic E-state index is -0.462. The van der Waals surface area contributed by atoms with E-state index < -0.39 is 4.92 Å². The summed E-state index contributed by atoms with van der Waals surface area (Å²) in [7, 11) is 1.60. The topological polar surface area (TPSA) is 61.6 Å². The summed E-state index contributed by atoms with van der Waals surface area (Å²) in [5.74, 6) is 0.282. The van der Waals surface area contributed by atoms with Gasteiger partial charge in [-0.1, -0.05) is 15.9 Å². The summed E-state index contributed by atoms with van der Waals surface area (Å²) >= 11 is 3.18. The van der Waals surface area contributed by atoms with Crippen LogP contribution >= 0.6 is 15.9 Å². The second-order valence-electron chi connectivity index (χ2n) is 3.06. The van der Waals surface area contributed by atoms with Crippen LogP contribution in [0.15, 0.2) is 22.7 Å². The molecule has 0 aliphatic rings. The molecule has 0 heterocycles. The molecule has 0 N–H and O–H groups in total. The summed E-state index contributed by atoms with van der Waals surface area (Å²) in [4.78, 5) is 10.3. The molecule has 0 amide bonds. The van der Waals surface area contributed by atoms with E-state index in [-0.39, 0.29) is 11.4 Å². The van der Waals surface area contributed by atoms with Crippen molar-refractivity contribution in [3.63, 3.8) is 0 Å². The van der Waals surface area contributed by atoms with Crippen LogP contribution in [0.3, 0.4) is 0 Å². The van der Waals surface area contributed by atoms with Gasteiger partial charge in [-0.25, -0.2) is 0 Å². The highest BCUT2D eigenvalue weighted by atomic mass is 79.9. The van der Waals surface area contributed by atoms with Gasteiger partial charge in [-0.15, -0.1) is 0 Å². The first kappa shape index (κ1) is 12.9. The van der Waals surface area contributed by atoms with Crippen LogP contribution < -0.4 is 4.74 Å². The van der Waals surface area contributed by atoms with E-state index >= 15 is 0 Å². The standard InChI is InChI=1S/C10H12BrNO4/c1-15-5-2-6-16-10-4-3-8(11)7-9(10)12(13)14/h3-4,7H,2,5-6H2,1H3. The lowest BCUT2D eigenvalue weighted by Gasteiger charge is -2.06. The first-order chi connectivity index (χ1) is 7.65. The lowest BCUT2D eigenvalue weighted by Crippen LogP contribution is -2.03. The molecule has 0 bridgehead atoms. The van der Waals surface area contributed by atoms with Gasteiger partial charge in [0.2, 0.25) is 0 Å². The molecule has 16 heavy (non-hydrogen) atoms. The Morgan fingerprint density at radius 3 is 2.81 bits per heavy atom. The molecule has 6 heteroatoms. The highest BCUT2D eigenvalue weighted by Gasteiger charge is 2.15. The Morgan fingerprint density at radius 1 is 1.44 bits per heavy atom. The monoisotopic (exact) mass is 289 g/mol. The summed E-state index contributed by atoms with van der Waals surface area (Å²) < 4.78 is 10.8. The molecule has 0 spiro atoms. The van der Waals surface area contributed by atoms with Crippen LogP contribution in [0.4, 0.5) is 5.69 Å². The molecule has 0 fully saturated rings. The maximum atomic E-state index is 10.7. The van der Waals surface area contributed by atoms with Crippen molar-refractivity contribution < 1.29 is 14.4 Å². The van der Waals surface area contributed by atoms with Gasteiger partial charge >= 0.3 is 5.69 Å². The zero-order valence-electron chi connectivity index (χ0n) is 8.81. The normalized spacial score (nSPS) is 10.1. The molecule has 0 aliphatic carbocycles. The van der Waals surface area contributed by atoms with E-state index in [4.69, 9.17) is 9.47 Å². The van der Waals surface area contributed by atoms with Crippen LogP contribution in [-0.2, 0) is 4.74 Å². The summed E-state index contributed by atoms with van der Waals surface area (Å²) in [5.41, 5.74) is -0.0354. The van der Waals surface area contributed by atoms with Crippen molar-refractivity contribution in [2.45, 2.75) is 6.42 Å².